The molecule has 0 aliphatic heterocycles. The summed E-state index contributed by atoms with van der Waals surface area (Å²) in [6.45, 7) is 0. The zero-order chi connectivity index (χ0) is 18.7. The molecular weight excluding hydrogens is 340 g/mol. The fourth-order valence-electron chi connectivity index (χ4n) is 4.67. The van der Waals surface area contributed by atoms with Crippen molar-refractivity contribution in [2.45, 2.75) is 6.42 Å². The van der Waals surface area contributed by atoms with E-state index in [9.17, 15) is 0 Å². The Morgan fingerprint density at radius 1 is 0.679 bits per heavy atom. The average Bonchev–Trinajstić information content (AvgIpc) is 3.25. The standard InChI is InChI=1S/C26H20N2/c1-28-24-12-5-3-8-19(24)21-16-17(13-14-25(21)28)15-18-7-6-11-23-26(18)20-9-2-4-10-22(20)27-23/h2-14,16,27H,15H2,1H3. The molecule has 0 saturated carbocycles. The third kappa shape index (κ3) is 2.15. The number of benzene rings is 4. The second kappa shape index (κ2) is 5.74. The first-order valence-electron chi connectivity index (χ1n) is 9.74. The van der Waals surface area contributed by atoms with Gasteiger partial charge in [0.05, 0.1) is 0 Å². The summed E-state index contributed by atoms with van der Waals surface area (Å²) in [5.41, 5.74) is 7.71. The molecule has 0 bridgehead atoms. The van der Waals surface area contributed by atoms with E-state index in [2.05, 4.69) is 102 Å². The van der Waals surface area contributed by atoms with Gasteiger partial charge in [-0.25, -0.2) is 0 Å². The molecule has 2 heterocycles. The normalized spacial score (nSPS) is 11.9. The number of aryl methyl sites for hydroxylation is 1. The number of para-hydroxylation sites is 2. The summed E-state index contributed by atoms with van der Waals surface area (Å²) in [5, 5.41) is 5.31. The molecule has 0 amide bonds. The molecule has 134 valence electrons. The summed E-state index contributed by atoms with van der Waals surface area (Å²) < 4.78 is 2.29. The van der Waals surface area contributed by atoms with Crippen molar-refractivity contribution in [1.29, 1.82) is 0 Å². The summed E-state index contributed by atoms with van der Waals surface area (Å²) in [6.07, 6.45) is 0.929. The van der Waals surface area contributed by atoms with Crippen LogP contribution in [-0.4, -0.2) is 9.55 Å². The lowest BCUT2D eigenvalue weighted by Gasteiger charge is -2.06. The molecule has 28 heavy (non-hydrogen) atoms. The van der Waals surface area contributed by atoms with Crippen LogP contribution < -0.4 is 0 Å². The van der Waals surface area contributed by atoms with Gasteiger partial charge in [0, 0.05) is 50.7 Å². The van der Waals surface area contributed by atoms with E-state index in [4.69, 9.17) is 0 Å². The van der Waals surface area contributed by atoms with E-state index in [-0.39, 0.29) is 0 Å². The van der Waals surface area contributed by atoms with Gasteiger partial charge in [-0.15, -0.1) is 0 Å². The maximum Gasteiger partial charge on any atom is 0.0488 e. The summed E-state index contributed by atoms with van der Waals surface area (Å²) in [4.78, 5) is 3.56. The van der Waals surface area contributed by atoms with Gasteiger partial charge in [-0.3, -0.25) is 0 Å². The molecule has 0 saturated heterocycles. The Balaban J connectivity index is 1.55. The first-order valence-corrected chi connectivity index (χ1v) is 9.74. The highest BCUT2D eigenvalue weighted by Crippen LogP contribution is 2.32. The van der Waals surface area contributed by atoms with Gasteiger partial charge >= 0.3 is 0 Å². The summed E-state index contributed by atoms with van der Waals surface area (Å²) in [7, 11) is 2.15. The Labute approximate surface area is 163 Å². The van der Waals surface area contributed by atoms with Crippen LogP contribution in [0.4, 0.5) is 0 Å². The van der Waals surface area contributed by atoms with Crippen LogP contribution in [0.15, 0.2) is 84.9 Å². The number of nitrogens with one attached hydrogen (secondary N) is 1. The molecule has 0 spiro atoms. The molecule has 1 N–H and O–H groups in total. The van der Waals surface area contributed by atoms with Crippen LogP contribution in [0, 0.1) is 0 Å². The van der Waals surface area contributed by atoms with Crippen LogP contribution in [0.2, 0.25) is 0 Å². The van der Waals surface area contributed by atoms with E-state index in [1.807, 2.05) is 0 Å². The molecule has 0 fully saturated rings. The van der Waals surface area contributed by atoms with Crippen LogP contribution in [0.5, 0.6) is 0 Å². The second-order valence-electron chi connectivity index (χ2n) is 7.61. The van der Waals surface area contributed by atoms with E-state index in [0.717, 1.165) is 6.42 Å². The number of aromatic nitrogens is 2. The summed E-state index contributed by atoms with van der Waals surface area (Å²) in [6, 6.07) is 30.7. The van der Waals surface area contributed by atoms with Crippen molar-refractivity contribution in [2.24, 2.45) is 7.05 Å². The molecule has 0 aliphatic rings. The number of H-pyrrole nitrogens is 1. The van der Waals surface area contributed by atoms with E-state index < -0.39 is 0 Å². The quantitative estimate of drug-likeness (QED) is 0.361. The first kappa shape index (κ1) is 15.5. The van der Waals surface area contributed by atoms with Crippen LogP contribution in [0.1, 0.15) is 11.1 Å². The van der Waals surface area contributed by atoms with Crippen LogP contribution in [0.25, 0.3) is 43.6 Å². The van der Waals surface area contributed by atoms with Crippen molar-refractivity contribution in [1.82, 2.24) is 9.55 Å². The molecule has 2 aromatic heterocycles. The van der Waals surface area contributed by atoms with Gasteiger partial charge in [0.15, 0.2) is 0 Å². The number of hydrogen-bond acceptors (Lipinski definition) is 0. The maximum absolute atomic E-state index is 3.56. The van der Waals surface area contributed by atoms with Gasteiger partial charge in [0.2, 0.25) is 0 Å². The highest BCUT2D eigenvalue weighted by Gasteiger charge is 2.11. The van der Waals surface area contributed by atoms with Crippen molar-refractivity contribution < 1.29 is 0 Å². The summed E-state index contributed by atoms with van der Waals surface area (Å²) >= 11 is 0. The largest absolute Gasteiger partial charge is 0.355 e. The molecule has 2 heteroatoms. The summed E-state index contributed by atoms with van der Waals surface area (Å²) in [5.74, 6) is 0. The zero-order valence-corrected chi connectivity index (χ0v) is 15.7. The fraction of sp³-hybridized carbons (Fsp3) is 0.0769. The van der Waals surface area contributed by atoms with Gasteiger partial charge in [0.1, 0.15) is 0 Å². The molecule has 6 rings (SSSR count). The van der Waals surface area contributed by atoms with Crippen molar-refractivity contribution >= 4 is 43.6 Å². The number of rotatable bonds is 2. The monoisotopic (exact) mass is 360 g/mol. The smallest absolute Gasteiger partial charge is 0.0488 e. The van der Waals surface area contributed by atoms with Gasteiger partial charge in [0.25, 0.3) is 0 Å². The SMILES string of the molecule is Cn1c2ccccc2c2cc(Cc3cccc4[nH]c5ccccc5c34)ccc21. The fourth-order valence-corrected chi connectivity index (χ4v) is 4.67. The van der Waals surface area contributed by atoms with Crippen molar-refractivity contribution in [3.8, 4) is 0 Å². The number of nitrogens with zero attached hydrogens (tertiary/aromatic N) is 1. The Bertz CT molecular complexity index is 1500. The molecule has 6 aromatic rings. The number of hydrogen-bond donors (Lipinski definition) is 1. The molecule has 4 aromatic carbocycles. The molecule has 0 radical (unpaired) electrons. The van der Waals surface area contributed by atoms with Crippen molar-refractivity contribution in [3.63, 3.8) is 0 Å². The lowest BCUT2D eigenvalue weighted by atomic mass is 9.98. The first-order chi connectivity index (χ1) is 13.8. The van der Waals surface area contributed by atoms with Gasteiger partial charge in [-0.05, 0) is 47.9 Å². The highest BCUT2D eigenvalue weighted by atomic mass is 14.9. The maximum atomic E-state index is 3.56. The van der Waals surface area contributed by atoms with Crippen LogP contribution in [0.3, 0.4) is 0 Å². The second-order valence-corrected chi connectivity index (χ2v) is 7.61. The lowest BCUT2D eigenvalue weighted by molar-refractivity contribution is 1.01. The topological polar surface area (TPSA) is 20.7 Å². The Morgan fingerprint density at radius 2 is 1.43 bits per heavy atom. The predicted molar refractivity (Wildman–Crippen MR) is 119 cm³/mol. The third-order valence-electron chi connectivity index (χ3n) is 5.99. The predicted octanol–water partition coefficient (Wildman–Crippen LogP) is 6.56. The molecule has 0 unspecified atom stereocenters. The number of aromatic amines is 1. The minimum absolute atomic E-state index is 0.929. The lowest BCUT2D eigenvalue weighted by Crippen LogP contribution is -1.90. The van der Waals surface area contributed by atoms with E-state index >= 15 is 0 Å². The molecule has 0 atom stereocenters. The number of fused-ring (bicyclic) bond motifs is 6. The third-order valence-corrected chi connectivity index (χ3v) is 5.99. The van der Waals surface area contributed by atoms with Crippen LogP contribution >= 0.6 is 0 Å². The highest BCUT2D eigenvalue weighted by molar-refractivity contribution is 6.10. The van der Waals surface area contributed by atoms with E-state index in [1.54, 1.807) is 0 Å². The Kier molecular flexibility index (Phi) is 3.18. The van der Waals surface area contributed by atoms with E-state index in [1.165, 1.54) is 54.7 Å². The van der Waals surface area contributed by atoms with Gasteiger partial charge in [-0.2, -0.15) is 0 Å². The Morgan fingerprint density at radius 3 is 2.36 bits per heavy atom. The van der Waals surface area contributed by atoms with Gasteiger partial charge < -0.3 is 9.55 Å². The molecule has 0 aliphatic carbocycles. The van der Waals surface area contributed by atoms with Gasteiger partial charge in [-0.1, -0.05) is 54.6 Å². The minimum atomic E-state index is 0.929. The zero-order valence-electron chi connectivity index (χ0n) is 15.7. The van der Waals surface area contributed by atoms with Crippen LogP contribution in [-0.2, 0) is 13.5 Å². The minimum Gasteiger partial charge on any atom is -0.355 e. The van der Waals surface area contributed by atoms with Crippen molar-refractivity contribution in [3.05, 3.63) is 96.1 Å². The Hall–Kier alpha value is -3.52. The van der Waals surface area contributed by atoms with E-state index in [0.29, 0.717) is 0 Å². The average molecular weight is 360 g/mol. The van der Waals surface area contributed by atoms with Crippen molar-refractivity contribution in [2.75, 3.05) is 0 Å². The molecule has 2 nitrogen and oxygen atoms in total. The molecular formula is C26H20N2.